The lowest BCUT2D eigenvalue weighted by molar-refractivity contribution is 0.251. The fourth-order valence-corrected chi connectivity index (χ4v) is 2.44. The van der Waals surface area contributed by atoms with Crippen LogP contribution in [0.2, 0.25) is 0 Å². The zero-order valence-corrected chi connectivity index (χ0v) is 13.7. The first-order chi connectivity index (χ1) is 11.7. The second-order valence-corrected chi connectivity index (χ2v) is 5.56. The van der Waals surface area contributed by atoms with Crippen molar-refractivity contribution in [2.45, 2.75) is 25.3 Å². The summed E-state index contributed by atoms with van der Waals surface area (Å²) in [6.45, 7) is 0.334. The van der Waals surface area contributed by atoms with E-state index in [0.29, 0.717) is 29.6 Å². The molecule has 0 spiro atoms. The normalized spacial score (nSPS) is 13.2. The lowest BCUT2D eigenvalue weighted by Gasteiger charge is -2.13. The van der Waals surface area contributed by atoms with E-state index < -0.39 is 0 Å². The molecule has 0 atom stereocenters. The molecule has 1 aromatic heterocycles. The maximum absolute atomic E-state index is 12.1. The minimum absolute atomic E-state index is 0.334. The zero-order valence-electron chi connectivity index (χ0n) is 13.7. The van der Waals surface area contributed by atoms with E-state index >= 15 is 0 Å². The fourth-order valence-electron chi connectivity index (χ4n) is 2.44. The van der Waals surface area contributed by atoms with Crippen molar-refractivity contribution in [1.82, 2.24) is 15.3 Å². The Morgan fingerprint density at radius 2 is 2.08 bits per heavy atom. The van der Waals surface area contributed by atoms with Gasteiger partial charge >= 0.3 is 6.03 Å². The number of benzene rings is 1. The monoisotopic (exact) mass is 328 g/mol. The predicted molar refractivity (Wildman–Crippen MR) is 89.4 cm³/mol. The molecule has 1 aromatic carbocycles. The smallest absolute Gasteiger partial charge is 0.319 e. The minimum Gasteiger partial charge on any atom is -0.493 e. The average Bonchev–Trinajstić information content (AvgIpc) is 3.45. The molecule has 7 heteroatoms. The van der Waals surface area contributed by atoms with Crippen LogP contribution in [-0.4, -0.2) is 30.2 Å². The summed E-state index contributed by atoms with van der Waals surface area (Å²) in [5, 5.41) is 5.54. The molecule has 0 aliphatic heterocycles. The first kappa shape index (κ1) is 16.0. The van der Waals surface area contributed by atoms with Gasteiger partial charge in [0.25, 0.3) is 0 Å². The number of hydrogen-bond acceptors (Lipinski definition) is 5. The number of nitrogens with one attached hydrogen (secondary N) is 2. The minimum atomic E-state index is -0.340. The summed E-state index contributed by atoms with van der Waals surface area (Å²) in [5.74, 6) is 1.59. The van der Waals surface area contributed by atoms with Gasteiger partial charge in [-0.3, -0.25) is 0 Å². The van der Waals surface area contributed by atoms with Crippen LogP contribution in [-0.2, 0) is 6.54 Å². The number of nitrogens with zero attached hydrogens (tertiary/aromatic N) is 2. The van der Waals surface area contributed by atoms with Gasteiger partial charge in [-0.05, 0) is 31.0 Å². The number of ether oxygens (including phenoxy) is 2. The number of aromatic nitrogens is 2. The molecule has 2 N–H and O–H groups in total. The Labute approximate surface area is 140 Å². The summed E-state index contributed by atoms with van der Waals surface area (Å²) < 4.78 is 10.5. The van der Waals surface area contributed by atoms with Crippen LogP contribution in [0.1, 0.15) is 30.1 Å². The number of rotatable bonds is 6. The number of anilines is 1. The number of carbonyl (C=O) groups is 1. The highest BCUT2D eigenvalue weighted by molar-refractivity contribution is 5.91. The summed E-state index contributed by atoms with van der Waals surface area (Å²) in [5.41, 5.74) is 2.38. The van der Waals surface area contributed by atoms with E-state index in [0.717, 1.165) is 11.4 Å². The van der Waals surface area contributed by atoms with Crippen molar-refractivity contribution in [3.63, 3.8) is 0 Å². The van der Waals surface area contributed by atoms with Crippen molar-refractivity contribution >= 4 is 11.7 Å². The molecule has 0 unspecified atom stereocenters. The van der Waals surface area contributed by atoms with Crippen LogP contribution in [0.5, 0.6) is 11.5 Å². The van der Waals surface area contributed by atoms with Crippen molar-refractivity contribution in [3.05, 3.63) is 42.0 Å². The zero-order chi connectivity index (χ0) is 16.9. The van der Waals surface area contributed by atoms with Gasteiger partial charge in [-0.1, -0.05) is 6.07 Å². The Bertz CT molecular complexity index is 732. The van der Waals surface area contributed by atoms with Gasteiger partial charge in [0.15, 0.2) is 11.5 Å². The average molecular weight is 328 g/mol. The number of methoxy groups -OCH3 is 2. The Balaban J connectivity index is 1.61. The summed E-state index contributed by atoms with van der Waals surface area (Å²) in [6, 6.07) is 6.90. The van der Waals surface area contributed by atoms with Gasteiger partial charge < -0.3 is 20.1 Å². The fraction of sp³-hybridized carbons (Fsp3) is 0.353. The van der Waals surface area contributed by atoms with Crippen LogP contribution in [0.3, 0.4) is 0 Å². The highest BCUT2D eigenvalue weighted by Crippen LogP contribution is 2.38. The summed E-state index contributed by atoms with van der Waals surface area (Å²) in [7, 11) is 3.08. The molecule has 24 heavy (non-hydrogen) atoms. The SMILES string of the molecule is COc1cccc(NC(=O)NCc2cc(C3CC3)ncn2)c1OC. The van der Waals surface area contributed by atoms with E-state index in [1.165, 1.54) is 20.0 Å². The second-order valence-electron chi connectivity index (χ2n) is 5.56. The first-order valence-electron chi connectivity index (χ1n) is 7.78. The quantitative estimate of drug-likeness (QED) is 0.851. The maximum Gasteiger partial charge on any atom is 0.319 e. The number of urea groups is 1. The molecule has 2 amide bonds. The molecule has 3 rings (SSSR count). The Morgan fingerprint density at radius 3 is 2.79 bits per heavy atom. The molecule has 126 valence electrons. The lowest BCUT2D eigenvalue weighted by Crippen LogP contribution is -2.28. The molecule has 1 saturated carbocycles. The van der Waals surface area contributed by atoms with E-state index in [-0.39, 0.29) is 6.03 Å². The standard InChI is InChI=1S/C17H20N4O3/c1-23-15-5-3-4-13(16(15)24-2)21-17(22)18-9-12-8-14(11-6-7-11)20-10-19-12/h3-5,8,10-11H,6-7,9H2,1-2H3,(H2,18,21,22). The number of amides is 2. The van der Waals surface area contributed by atoms with Crippen LogP contribution in [0.4, 0.5) is 10.5 Å². The highest BCUT2D eigenvalue weighted by atomic mass is 16.5. The Morgan fingerprint density at radius 1 is 1.25 bits per heavy atom. The molecule has 1 fully saturated rings. The molecule has 2 aromatic rings. The molecule has 0 radical (unpaired) electrons. The topological polar surface area (TPSA) is 85.4 Å². The van der Waals surface area contributed by atoms with Crippen molar-refractivity contribution in [3.8, 4) is 11.5 Å². The van der Waals surface area contributed by atoms with Crippen LogP contribution >= 0.6 is 0 Å². The molecule has 1 aliphatic carbocycles. The summed E-state index contributed by atoms with van der Waals surface area (Å²) >= 11 is 0. The lowest BCUT2D eigenvalue weighted by atomic mass is 10.2. The molecular formula is C17H20N4O3. The maximum atomic E-state index is 12.1. The number of para-hydroxylation sites is 1. The molecule has 0 bridgehead atoms. The summed E-state index contributed by atoms with van der Waals surface area (Å²) in [6.07, 6.45) is 3.91. The third kappa shape index (κ3) is 3.73. The number of hydrogen-bond donors (Lipinski definition) is 2. The molecule has 1 heterocycles. The third-order valence-corrected chi connectivity index (χ3v) is 3.82. The van der Waals surface area contributed by atoms with Crippen molar-refractivity contribution in [2.24, 2.45) is 0 Å². The van der Waals surface area contributed by atoms with E-state index in [9.17, 15) is 4.79 Å². The Hall–Kier alpha value is -2.83. The van der Waals surface area contributed by atoms with Crippen LogP contribution in [0.25, 0.3) is 0 Å². The van der Waals surface area contributed by atoms with Crippen LogP contribution < -0.4 is 20.1 Å². The van der Waals surface area contributed by atoms with Gasteiger partial charge in [0, 0.05) is 11.6 Å². The van der Waals surface area contributed by atoms with Crippen LogP contribution in [0.15, 0.2) is 30.6 Å². The molecule has 1 aliphatic rings. The molecule has 0 saturated heterocycles. The molecular weight excluding hydrogens is 308 g/mol. The summed E-state index contributed by atoms with van der Waals surface area (Å²) in [4.78, 5) is 20.6. The second kappa shape index (κ2) is 7.16. The van der Waals surface area contributed by atoms with E-state index in [2.05, 4.69) is 20.6 Å². The third-order valence-electron chi connectivity index (χ3n) is 3.82. The predicted octanol–water partition coefficient (Wildman–Crippen LogP) is 2.69. The largest absolute Gasteiger partial charge is 0.493 e. The van der Waals surface area contributed by atoms with Gasteiger partial charge in [-0.15, -0.1) is 0 Å². The van der Waals surface area contributed by atoms with Crippen molar-refractivity contribution in [2.75, 3.05) is 19.5 Å². The number of carbonyl (C=O) groups excluding carboxylic acids is 1. The molecule has 7 nitrogen and oxygen atoms in total. The van der Waals surface area contributed by atoms with E-state index in [1.54, 1.807) is 31.6 Å². The van der Waals surface area contributed by atoms with Gasteiger partial charge in [-0.2, -0.15) is 0 Å². The van der Waals surface area contributed by atoms with Crippen molar-refractivity contribution < 1.29 is 14.3 Å². The highest BCUT2D eigenvalue weighted by Gasteiger charge is 2.25. The van der Waals surface area contributed by atoms with E-state index in [1.807, 2.05) is 6.07 Å². The van der Waals surface area contributed by atoms with Gasteiger partial charge in [0.05, 0.1) is 32.1 Å². The first-order valence-corrected chi connectivity index (χ1v) is 7.78. The van der Waals surface area contributed by atoms with Crippen LogP contribution in [0, 0.1) is 0 Å². The Kier molecular flexibility index (Phi) is 4.79. The van der Waals surface area contributed by atoms with Gasteiger partial charge in [0.1, 0.15) is 6.33 Å². The van der Waals surface area contributed by atoms with E-state index in [4.69, 9.17) is 9.47 Å². The van der Waals surface area contributed by atoms with Gasteiger partial charge in [-0.25, -0.2) is 14.8 Å². The van der Waals surface area contributed by atoms with Gasteiger partial charge in [0.2, 0.25) is 0 Å². The van der Waals surface area contributed by atoms with Crippen molar-refractivity contribution in [1.29, 1.82) is 0 Å².